The van der Waals surface area contributed by atoms with Crippen molar-refractivity contribution in [3.05, 3.63) is 35.9 Å². The average Bonchev–Trinajstić information content (AvgIpc) is 2.42. The molecule has 19 heavy (non-hydrogen) atoms. The average molecular weight is 258 g/mol. The molecule has 1 aliphatic rings. The number of ether oxygens (including phenoxy) is 1. The summed E-state index contributed by atoms with van der Waals surface area (Å²) in [5.41, 5.74) is 5.67. The molecule has 1 aliphatic heterocycles. The largest absolute Gasteiger partial charge is 0.497 e. The number of carbonyl (C=O) groups is 1. The Bertz CT molecular complexity index is 530. The van der Waals surface area contributed by atoms with Gasteiger partial charge in [-0.3, -0.25) is 4.79 Å². The van der Waals surface area contributed by atoms with Crippen molar-refractivity contribution < 1.29 is 9.53 Å². The van der Waals surface area contributed by atoms with Gasteiger partial charge in [0.05, 0.1) is 12.8 Å². The summed E-state index contributed by atoms with van der Waals surface area (Å²) in [5, 5.41) is 4.11. The predicted octanol–water partition coefficient (Wildman–Crippen LogP) is 2.61. The fraction of sp³-hybridized carbons (Fsp3) is 0.333. The number of allylic oxidation sites excluding steroid dienone is 2. The van der Waals surface area contributed by atoms with Gasteiger partial charge in [-0.25, -0.2) is 5.43 Å². The first-order chi connectivity index (χ1) is 9.10. The lowest BCUT2D eigenvalue weighted by molar-refractivity contribution is -0.121. The highest BCUT2D eigenvalue weighted by molar-refractivity contribution is 6.05. The molecule has 0 aliphatic carbocycles. The first kappa shape index (κ1) is 13.3. The summed E-state index contributed by atoms with van der Waals surface area (Å²) < 4.78 is 5.14. The number of nitrogens with zero attached hydrogens (tertiary/aromatic N) is 1. The molecular weight excluding hydrogens is 240 g/mol. The van der Waals surface area contributed by atoms with Crippen LogP contribution in [0.25, 0.3) is 5.57 Å². The Morgan fingerprint density at radius 3 is 2.68 bits per heavy atom. The van der Waals surface area contributed by atoms with Crippen molar-refractivity contribution in [2.24, 2.45) is 11.0 Å². The topological polar surface area (TPSA) is 50.7 Å². The van der Waals surface area contributed by atoms with Crippen LogP contribution in [0.1, 0.15) is 25.8 Å². The number of rotatable bonds is 3. The minimum absolute atomic E-state index is 0.0215. The molecule has 0 radical (unpaired) electrons. The highest BCUT2D eigenvalue weighted by Crippen LogP contribution is 2.20. The van der Waals surface area contributed by atoms with Gasteiger partial charge in [0, 0.05) is 12.3 Å². The van der Waals surface area contributed by atoms with Crippen molar-refractivity contribution in [1.29, 1.82) is 0 Å². The van der Waals surface area contributed by atoms with Crippen molar-refractivity contribution in [2.45, 2.75) is 20.3 Å². The highest BCUT2D eigenvalue weighted by Gasteiger charge is 2.18. The Balaban J connectivity index is 2.20. The molecule has 0 saturated carbocycles. The molecule has 0 saturated heterocycles. The molecule has 0 fully saturated rings. The molecule has 2 rings (SSSR count). The number of amides is 1. The smallest absolute Gasteiger partial charge is 0.240 e. The maximum atomic E-state index is 11.2. The molecule has 0 bridgehead atoms. The molecule has 0 spiro atoms. The summed E-state index contributed by atoms with van der Waals surface area (Å²) in [6, 6.07) is 7.88. The quantitative estimate of drug-likeness (QED) is 0.906. The molecule has 1 unspecified atom stereocenters. The number of methoxy groups -OCH3 is 1. The van der Waals surface area contributed by atoms with Gasteiger partial charge in [0.25, 0.3) is 0 Å². The zero-order valence-corrected chi connectivity index (χ0v) is 11.4. The fourth-order valence-corrected chi connectivity index (χ4v) is 2.00. The number of nitrogens with one attached hydrogen (secondary N) is 1. The van der Waals surface area contributed by atoms with Gasteiger partial charge in [0.15, 0.2) is 0 Å². The van der Waals surface area contributed by atoms with Crippen LogP contribution in [0.5, 0.6) is 5.75 Å². The molecule has 100 valence electrons. The monoisotopic (exact) mass is 258 g/mol. The molecule has 1 aromatic rings. The van der Waals surface area contributed by atoms with Gasteiger partial charge >= 0.3 is 0 Å². The predicted molar refractivity (Wildman–Crippen MR) is 76.0 cm³/mol. The van der Waals surface area contributed by atoms with Gasteiger partial charge in [-0.1, -0.05) is 19.1 Å². The third-order valence-corrected chi connectivity index (χ3v) is 3.22. The Morgan fingerprint density at radius 1 is 1.42 bits per heavy atom. The van der Waals surface area contributed by atoms with E-state index < -0.39 is 0 Å². The van der Waals surface area contributed by atoms with Crippen molar-refractivity contribution in [2.75, 3.05) is 7.11 Å². The first-order valence-corrected chi connectivity index (χ1v) is 6.29. The van der Waals surface area contributed by atoms with Crippen LogP contribution >= 0.6 is 0 Å². The molecule has 0 aromatic heterocycles. The molecule has 1 amide bonds. The van der Waals surface area contributed by atoms with Crippen LogP contribution in [0.4, 0.5) is 0 Å². The van der Waals surface area contributed by atoms with E-state index >= 15 is 0 Å². The number of hydrogen-bond donors (Lipinski definition) is 1. The number of carbonyl (C=O) groups excluding carboxylic acids is 1. The van der Waals surface area contributed by atoms with E-state index in [9.17, 15) is 4.79 Å². The van der Waals surface area contributed by atoms with Crippen LogP contribution in [-0.4, -0.2) is 18.7 Å². The van der Waals surface area contributed by atoms with Crippen LogP contribution in [0, 0.1) is 5.92 Å². The lowest BCUT2D eigenvalue weighted by Crippen LogP contribution is -2.30. The Morgan fingerprint density at radius 2 is 2.11 bits per heavy atom. The van der Waals surface area contributed by atoms with Crippen molar-refractivity contribution in [3.8, 4) is 5.75 Å². The van der Waals surface area contributed by atoms with Gasteiger partial charge in [0.2, 0.25) is 5.91 Å². The first-order valence-electron chi connectivity index (χ1n) is 6.29. The van der Waals surface area contributed by atoms with E-state index in [1.165, 1.54) is 0 Å². The number of hydrogen-bond acceptors (Lipinski definition) is 3. The van der Waals surface area contributed by atoms with Gasteiger partial charge in [0.1, 0.15) is 5.75 Å². The summed E-state index contributed by atoms with van der Waals surface area (Å²) in [6.07, 6.45) is 2.51. The Labute approximate surface area is 113 Å². The van der Waals surface area contributed by atoms with Crippen LogP contribution < -0.4 is 10.2 Å². The third kappa shape index (κ3) is 3.22. The molecule has 4 nitrogen and oxygen atoms in total. The van der Waals surface area contributed by atoms with E-state index in [0.717, 1.165) is 22.6 Å². The number of benzene rings is 1. The molecule has 1 aromatic carbocycles. The highest BCUT2D eigenvalue weighted by atomic mass is 16.5. The minimum Gasteiger partial charge on any atom is -0.497 e. The van der Waals surface area contributed by atoms with Gasteiger partial charge < -0.3 is 4.74 Å². The van der Waals surface area contributed by atoms with E-state index in [1.54, 1.807) is 7.11 Å². The van der Waals surface area contributed by atoms with Gasteiger partial charge in [-0.05, 0) is 36.3 Å². The van der Waals surface area contributed by atoms with Crippen LogP contribution in [0.15, 0.2) is 35.4 Å². The summed E-state index contributed by atoms with van der Waals surface area (Å²) >= 11 is 0. The van der Waals surface area contributed by atoms with Crippen molar-refractivity contribution >= 4 is 17.2 Å². The summed E-state index contributed by atoms with van der Waals surface area (Å²) in [6.45, 7) is 4.04. The molecule has 1 atom stereocenters. The van der Waals surface area contributed by atoms with Crippen molar-refractivity contribution in [3.63, 3.8) is 0 Å². The standard InChI is InChI=1S/C15H18N2O2/c1-10(12-4-6-13(19-3)7-5-12)8-14-11(2)9-15(18)17-16-14/h4-8,11H,9H2,1-3H3,(H,17,18). The van der Waals surface area contributed by atoms with E-state index in [-0.39, 0.29) is 11.8 Å². The molecular formula is C15H18N2O2. The normalized spacial score (nSPS) is 19.7. The zero-order chi connectivity index (χ0) is 13.8. The Kier molecular flexibility index (Phi) is 4.00. The molecule has 1 heterocycles. The van der Waals surface area contributed by atoms with Crippen LogP contribution in [-0.2, 0) is 4.79 Å². The maximum Gasteiger partial charge on any atom is 0.240 e. The second kappa shape index (κ2) is 5.69. The summed E-state index contributed by atoms with van der Waals surface area (Å²) in [4.78, 5) is 11.2. The van der Waals surface area contributed by atoms with E-state index in [4.69, 9.17) is 4.74 Å². The molecule has 4 heteroatoms. The fourth-order valence-electron chi connectivity index (χ4n) is 2.00. The van der Waals surface area contributed by atoms with Crippen LogP contribution in [0.2, 0.25) is 0 Å². The lowest BCUT2D eigenvalue weighted by Gasteiger charge is -2.17. The maximum absolute atomic E-state index is 11.2. The van der Waals surface area contributed by atoms with E-state index in [2.05, 4.69) is 10.5 Å². The van der Waals surface area contributed by atoms with E-state index in [1.807, 2.05) is 44.2 Å². The van der Waals surface area contributed by atoms with E-state index in [0.29, 0.717) is 6.42 Å². The molecule has 1 N–H and O–H groups in total. The SMILES string of the molecule is COc1ccc(C(C)=CC2=NNC(=O)CC2C)cc1. The number of hydrazone groups is 1. The van der Waals surface area contributed by atoms with Crippen molar-refractivity contribution in [1.82, 2.24) is 5.43 Å². The second-order valence-corrected chi connectivity index (χ2v) is 4.73. The zero-order valence-electron chi connectivity index (χ0n) is 11.4. The summed E-state index contributed by atoms with van der Waals surface area (Å²) in [5.74, 6) is 0.973. The third-order valence-electron chi connectivity index (χ3n) is 3.22. The van der Waals surface area contributed by atoms with Crippen LogP contribution in [0.3, 0.4) is 0 Å². The second-order valence-electron chi connectivity index (χ2n) is 4.73. The minimum atomic E-state index is -0.0215. The Hall–Kier alpha value is -2.10. The van der Waals surface area contributed by atoms with Gasteiger partial charge in [-0.15, -0.1) is 0 Å². The summed E-state index contributed by atoms with van der Waals surface area (Å²) in [7, 11) is 1.65. The van der Waals surface area contributed by atoms with Gasteiger partial charge in [-0.2, -0.15) is 5.10 Å². The lowest BCUT2D eigenvalue weighted by atomic mass is 9.96.